The van der Waals surface area contributed by atoms with Crippen molar-refractivity contribution in [2.75, 3.05) is 51.4 Å². The van der Waals surface area contributed by atoms with Gasteiger partial charge in [0, 0.05) is 44.9 Å². The summed E-state index contributed by atoms with van der Waals surface area (Å²) in [5, 5.41) is 9.19. The first-order valence-corrected chi connectivity index (χ1v) is 12.7. The number of benzene rings is 1. The molecule has 0 fully saturated rings. The van der Waals surface area contributed by atoms with E-state index in [9.17, 15) is 14.0 Å². The molecule has 0 unspecified atom stereocenters. The first-order chi connectivity index (χ1) is 18.2. The van der Waals surface area contributed by atoms with E-state index in [1.807, 2.05) is 19.0 Å². The lowest BCUT2D eigenvalue weighted by Crippen LogP contribution is -2.45. The van der Waals surface area contributed by atoms with Crippen molar-refractivity contribution in [3.8, 4) is 11.8 Å². The Bertz CT molecular complexity index is 1140. The zero-order chi connectivity index (χ0) is 27.9. The number of amides is 2. The molecular formula is C28H38FN7O2. The van der Waals surface area contributed by atoms with Crippen LogP contribution in [0.1, 0.15) is 38.7 Å². The molecule has 0 radical (unpaired) electrons. The van der Waals surface area contributed by atoms with Gasteiger partial charge in [-0.15, -0.1) is 0 Å². The first-order valence-electron chi connectivity index (χ1n) is 12.7. The normalized spacial score (nSPS) is 11.6. The number of anilines is 3. The molecule has 1 aromatic carbocycles. The molecule has 0 saturated heterocycles. The number of carbonyl (C=O) groups is 2. The number of aromatic nitrogens is 2. The van der Waals surface area contributed by atoms with Crippen molar-refractivity contribution in [2.45, 2.75) is 39.2 Å². The summed E-state index contributed by atoms with van der Waals surface area (Å²) in [4.78, 5) is 36.9. The predicted molar refractivity (Wildman–Crippen MR) is 150 cm³/mol. The SMILES string of the molecule is CCCNc1nc(Nc2ccc(F)cc2)ncc1C#CCCCNC(=O)[C@H](C)N(C)C(=O)C=CCN(C)C. The van der Waals surface area contributed by atoms with Crippen molar-refractivity contribution in [3.05, 3.63) is 54.0 Å². The van der Waals surface area contributed by atoms with Gasteiger partial charge in [-0.3, -0.25) is 9.59 Å². The largest absolute Gasteiger partial charge is 0.369 e. The van der Waals surface area contributed by atoms with Crippen LogP contribution in [0.3, 0.4) is 0 Å². The summed E-state index contributed by atoms with van der Waals surface area (Å²) in [5.41, 5.74) is 1.35. The molecule has 204 valence electrons. The van der Waals surface area contributed by atoms with E-state index in [-0.39, 0.29) is 17.6 Å². The zero-order valence-electron chi connectivity index (χ0n) is 22.8. The number of likely N-dealkylation sites (N-methyl/N-ethyl adjacent to an activating group) is 2. The smallest absolute Gasteiger partial charge is 0.246 e. The highest BCUT2D eigenvalue weighted by atomic mass is 19.1. The van der Waals surface area contributed by atoms with Crippen molar-refractivity contribution in [1.29, 1.82) is 0 Å². The summed E-state index contributed by atoms with van der Waals surface area (Å²) < 4.78 is 13.1. The van der Waals surface area contributed by atoms with E-state index in [1.165, 1.54) is 23.1 Å². The third kappa shape index (κ3) is 10.6. The molecule has 0 bridgehead atoms. The third-order valence-electron chi connectivity index (χ3n) is 5.47. The second-order valence-electron chi connectivity index (χ2n) is 9.00. The number of halogens is 1. The van der Waals surface area contributed by atoms with Crippen LogP contribution in [-0.2, 0) is 9.59 Å². The lowest BCUT2D eigenvalue weighted by Gasteiger charge is -2.23. The number of nitrogens with one attached hydrogen (secondary N) is 3. The van der Waals surface area contributed by atoms with Gasteiger partial charge in [0.15, 0.2) is 0 Å². The maximum atomic E-state index is 13.1. The summed E-state index contributed by atoms with van der Waals surface area (Å²) in [5.74, 6) is 6.48. The minimum Gasteiger partial charge on any atom is -0.369 e. The van der Waals surface area contributed by atoms with Crippen LogP contribution in [0, 0.1) is 17.7 Å². The Morgan fingerprint density at radius 2 is 1.89 bits per heavy atom. The quantitative estimate of drug-likeness (QED) is 0.210. The number of hydrogen-bond acceptors (Lipinski definition) is 7. The molecule has 1 heterocycles. The van der Waals surface area contributed by atoms with Crippen LogP contribution in [0.15, 0.2) is 42.6 Å². The zero-order valence-corrected chi connectivity index (χ0v) is 22.8. The Balaban J connectivity index is 1.87. The molecule has 2 rings (SSSR count). The first kappa shape index (κ1) is 30.3. The number of hydrogen-bond donors (Lipinski definition) is 3. The second-order valence-corrected chi connectivity index (χ2v) is 9.00. The summed E-state index contributed by atoms with van der Waals surface area (Å²) in [6.45, 7) is 5.59. The van der Waals surface area contributed by atoms with Crippen molar-refractivity contribution in [3.63, 3.8) is 0 Å². The van der Waals surface area contributed by atoms with Crippen molar-refractivity contribution < 1.29 is 14.0 Å². The molecule has 2 amide bonds. The topological polar surface area (TPSA) is 102 Å². The van der Waals surface area contributed by atoms with Crippen LogP contribution in [0.2, 0.25) is 0 Å². The van der Waals surface area contributed by atoms with Gasteiger partial charge in [0.2, 0.25) is 17.8 Å². The van der Waals surface area contributed by atoms with Gasteiger partial charge >= 0.3 is 0 Å². The summed E-state index contributed by atoms with van der Waals surface area (Å²) >= 11 is 0. The Morgan fingerprint density at radius 3 is 2.58 bits per heavy atom. The average molecular weight is 524 g/mol. The van der Waals surface area contributed by atoms with Crippen LogP contribution in [0.4, 0.5) is 21.8 Å². The predicted octanol–water partition coefficient (Wildman–Crippen LogP) is 3.39. The van der Waals surface area contributed by atoms with E-state index in [0.717, 1.165) is 13.0 Å². The van der Waals surface area contributed by atoms with Crippen LogP contribution in [-0.4, -0.2) is 78.4 Å². The van der Waals surface area contributed by atoms with E-state index in [2.05, 4.69) is 44.7 Å². The summed E-state index contributed by atoms with van der Waals surface area (Å²) in [7, 11) is 5.45. The molecule has 0 aliphatic heterocycles. The summed E-state index contributed by atoms with van der Waals surface area (Å²) in [6.07, 6.45) is 7.05. The van der Waals surface area contributed by atoms with Crippen molar-refractivity contribution in [1.82, 2.24) is 25.1 Å². The highest BCUT2D eigenvalue weighted by molar-refractivity contribution is 5.92. The maximum Gasteiger partial charge on any atom is 0.246 e. The molecule has 9 nitrogen and oxygen atoms in total. The molecule has 0 saturated carbocycles. The molecule has 2 aromatic rings. The summed E-state index contributed by atoms with van der Waals surface area (Å²) in [6, 6.07) is 5.38. The number of rotatable bonds is 13. The number of carbonyl (C=O) groups excluding carboxylic acids is 2. The molecular weight excluding hydrogens is 485 g/mol. The van der Waals surface area contributed by atoms with Crippen molar-refractivity contribution >= 4 is 29.3 Å². The standard InChI is InChI=1S/C28H38FN7O2/c1-6-17-30-26-22(20-32-28(34-26)33-24-15-13-23(29)14-16-24)11-8-7-9-18-31-27(38)21(2)36(5)25(37)12-10-19-35(3)4/h10,12-16,20-21H,6-7,9,17-19H2,1-5H3,(H,31,38)(H2,30,32,33,34)/t21-/m0/s1. The van der Waals surface area contributed by atoms with E-state index >= 15 is 0 Å². The second kappa shape index (κ2) is 16.0. The highest BCUT2D eigenvalue weighted by Crippen LogP contribution is 2.17. The maximum absolute atomic E-state index is 13.1. The van der Waals surface area contributed by atoms with Gasteiger partial charge in [0.1, 0.15) is 17.7 Å². The minimum atomic E-state index is -0.580. The molecule has 1 atom stereocenters. The molecule has 0 aliphatic rings. The lowest BCUT2D eigenvalue weighted by molar-refractivity contribution is -0.135. The molecule has 0 aliphatic carbocycles. The lowest BCUT2D eigenvalue weighted by atomic mass is 10.2. The van der Waals surface area contributed by atoms with Crippen molar-refractivity contribution in [2.24, 2.45) is 0 Å². The van der Waals surface area contributed by atoms with Gasteiger partial charge in [0.05, 0.1) is 11.8 Å². The van der Waals surface area contributed by atoms with Gasteiger partial charge in [-0.25, -0.2) is 9.37 Å². The molecule has 3 N–H and O–H groups in total. The van der Waals surface area contributed by atoms with E-state index in [4.69, 9.17) is 0 Å². The van der Waals surface area contributed by atoms with Crippen LogP contribution < -0.4 is 16.0 Å². The Labute approximate surface area is 224 Å². The van der Waals surface area contributed by atoms with Crippen LogP contribution in [0.5, 0.6) is 0 Å². The van der Waals surface area contributed by atoms with E-state index in [0.29, 0.717) is 48.9 Å². The van der Waals surface area contributed by atoms with Crippen LogP contribution >= 0.6 is 0 Å². The Hall–Kier alpha value is -3.97. The minimum absolute atomic E-state index is 0.210. The number of nitrogens with zero attached hydrogens (tertiary/aromatic N) is 4. The van der Waals surface area contributed by atoms with Crippen LogP contribution in [0.25, 0.3) is 0 Å². The molecule has 0 spiro atoms. The molecule has 1 aromatic heterocycles. The number of unbranched alkanes of at least 4 members (excludes halogenated alkanes) is 1. The van der Waals surface area contributed by atoms with Gasteiger partial charge in [-0.1, -0.05) is 24.8 Å². The van der Waals surface area contributed by atoms with E-state index in [1.54, 1.807) is 38.4 Å². The fourth-order valence-electron chi connectivity index (χ4n) is 3.12. The third-order valence-corrected chi connectivity index (χ3v) is 5.47. The van der Waals surface area contributed by atoms with Gasteiger partial charge in [-0.05, 0) is 58.1 Å². The average Bonchev–Trinajstić information content (AvgIpc) is 2.90. The fraction of sp³-hybridized carbons (Fsp3) is 0.429. The molecule has 38 heavy (non-hydrogen) atoms. The van der Waals surface area contributed by atoms with Gasteiger partial charge in [0.25, 0.3) is 0 Å². The van der Waals surface area contributed by atoms with Gasteiger partial charge < -0.3 is 25.8 Å². The molecule has 10 heteroatoms. The monoisotopic (exact) mass is 523 g/mol. The Morgan fingerprint density at radius 1 is 1.16 bits per heavy atom. The Kier molecular flexibility index (Phi) is 12.7. The highest BCUT2D eigenvalue weighted by Gasteiger charge is 2.20. The van der Waals surface area contributed by atoms with Gasteiger partial charge in [-0.2, -0.15) is 4.98 Å². The van der Waals surface area contributed by atoms with E-state index < -0.39 is 6.04 Å². The fourth-order valence-corrected chi connectivity index (χ4v) is 3.12.